The van der Waals surface area contributed by atoms with Gasteiger partial charge in [-0.25, -0.2) is 0 Å². The minimum Gasteiger partial charge on any atom is -0.377 e. The largest absolute Gasteiger partial charge is 0.377 e. The quantitative estimate of drug-likeness (QED) is 0.657. The number of carbonyl (C=O) groups excluding carboxylic acids is 2. The molecular weight excluding hydrogens is 352 g/mol. The molecule has 1 aliphatic heterocycles. The lowest BCUT2D eigenvalue weighted by atomic mass is 10.0. The fraction of sp³-hybridized carbons (Fsp3) is 0.304. The summed E-state index contributed by atoms with van der Waals surface area (Å²) >= 11 is 0. The molecule has 3 rings (SSSR count). The molecule has 0 saturated heterocycles. The minimum atomic E-state index is -0.276. The third-order valence-electron chi connectivity index (χ3n) is 4.63. The second-order valence-corrected chi connectivity index (χ2v) is 6.85. The number of hydrogen-bond donors (Lipinski definition) is 0. The third kappa shape index (κ3) is 3.99. The van der Waals surface area contributed by atoms with E-state index in [-0.39, 0.29) is 24.5 Å². The van der Waals surface area contributed by atoms with Crippen LogP contribution in [0.5, 0.6) is 0 Å². The van der Waals surface area contributed by atoms with Crippen LogP contribution in [0.25, 0.3) is 5.57 Å². The smallest absolute Gasteiger partial charge is 0.278 e. The van der Waals surface area contributed by atoms with Crippen LogP contribution in [0, 0.1) is 0 Å². The number of amides is 2. The monoisotopic (exact) mass is 378 g/mol. The minimum absolute atomic E-state index is 0.0466. The number of para-hydroxylation sites is 1. The second-order valence-electron chi connectivity index (χ2n) is 6.85. The fourth-order valence-electron chi connectivity index (χ4n) is 3.34. The first-order valence-electron chi connectivity index (χ1n) is 9.64. The molecule has 0 spiro atoms. The number of likely N-dealkylation sites (N-methyl/N-ethyl adjacent to an activating group) is 1. The summed E-state index contributed by atoms with van der Waals surface area (Å²) in [5, 5.41) is 0. The Bertz CT molecular complexity index is 860. The highest BCUT2D eigenvalue weighted by Gasteiger charge is 2.41. The molecule has 0 aliphatic carbocycles. The number of anilines is 1. The molecule has 0 fully saturated rings. The van der Waals surface area contributed by atoms with Crippen LogP contribution in [0.3, 0.4) is 0 Å². The van der Waals surface area contributed by atoms with Crippen molar-refractivity contribution in [3.8, 4) is 0 Å². The molecule has 2 amide bonds. The molecule has 28 heavy (non-hydrogen) atoms. The molecule has 0 unspecified atom stereocenters. The number of imide groups is 1. The fourth-order valence-corrected chi connectivity index (χ4v) is 3.34. The van der Waals surface area contributed by atoms with Crippen molar-refractivity contribution in [2.24, 2.45) is 0 Å². The number of hydrogen-bond acceptors (Lipinski definition) is 4. The highest BCUT2D eigenvalue weighted by atomic mass is 16.5. The number of carbonyl (C=O) groups is 2. The van der Waals surface area contributed by atoms with Crippen molar-refractivity contribution in [2.45, 2.75) is 26.9 Å². The highest BCUT2D eigenvalue weighted by Crippen LogP contribution is 2.33. The van der Waals surface area contributed by atoms with Crippen LogP contribution < -0.4 is 4.90 Å². The summed E-state index contributed by atoms with van der Waals surface area (Å²) < 4.78 is 5.57. The molecule has 0 aromatic heterocycles. The van der Waals surface area contributed by atoms with Crippen LogP contribution in [0.1, 0.15) is 26.3 Å². The Labute approximate surface area is 166 Å². The van der Waals surface area contributed by atoms with E-state index in [0.29, 0.717) is 24.4 Å². The molecule has 0 atom stereocenters. The normalized spacial score (nSPS) is 14.4. The van der Waals surface area contributed by atoms with E-state index < -0.39 is 0 Å². The first-order valence-corrected chi connectivity index (χ1v) is 9.64. The molecule has 0 N–H and O–H groups in total. The maximum Gasteiger partial charge on any atom is 0.278 e. The number of ether oxygens (including phenoxy) is 1. The van der Waals surface area contributed by atoms with Gasteiger partial charge in [0.15, 0.2) is 0 Å². The number of nitrogens with zero attached hydrogens (tertiary/aromatic N) is 2. The Morgan fingerprint density at radius 3 is 2.11 bits per heavy atom. The van der Waals surface area contributed by atoms with Crippen molar-refractivity contribution in [1.82, 2.24) is 4.90 Å². The molecule has 1 aliphatic rings. The molecule has 1 heterocycles. The van der Waals surface area contributed by atoms with Gasteiger partial charge in [-0.3, -0.25) is 14.5 Å². The predicted molar refractivity (Wildman–Crippen MR) is 111 cm³/mol. The van der Waals surface area contributed by atoms with Gasteiger partial charge < -0.3 is 9.64 Å². The zero-order chi connectivity index (χ0) is 20.1. The Kier molecular flexibility index (Phi) is 6.26. The number of rotatable bonds is 8. The zero-order valence-corrected chi connectivity index (χ0v) is 16.6. The average molecular weight is 378 g/mol. The standard InChI is InChI=1S/C23H26N2O3/c1-4-24(19-13-9-6-10-14-19)21-20(18-11-7-5-8-12-18)22(26)25(23(21)27)15-16-28-17(2)3/h5-14,17H,4,15-16H2,1-3H3. The summed E-state index contributed by atoms with van der Waals surface area (Å²) in [4.78, 5) is 29.7. The Morgan fingerprint density at radius 1 is 0.929 bits per heavy atom. The van der Waals surface area contributed by atoms with Crippen molar-refractivity contribution < 1.29 is 14.3 Å². The van der Waals surface area contributed by atoms with E-state index in [1.165, 1.54) is 4.90 Å². The van der Waals surface area contributed by atoms with E-state index in [1.807, 2.05) is 86.3 Å². The van der Waals surface area contributed by atoms with Crippen molar-refractivity contribution in [3.63, 3.8) is 0 Å². The van der Waals surface area contributed by atoms with Crippen LogP contribution in [-0.4, -0.2) is 42.5 Å². The van der Waals surface area contributed by atoms with E-state index in [0.717, 1.165) is 11.3 Å². The summed E-state index contributed by atoms with van der Waals surface area (Å²) in [5.41, 5.74) is 2.50. The Morgan fingerprint density at radius 2 is 1.54 bits per heavy atom. The van der Waals surface area contributed by atoms with E-state index in [4.69, 9.17) is 4.74 Å². The van der Waals surface area contributed by atoms with Crippen molar-refractivity contribution in [3.05, 3.63) is 71.9 Å². The molecule has 0 bridgehead atoms. The number of benzene rings is 2. The van der Waals surface area contributed by atoms with E-state index in [2.05, 4.69) is 0 Å². The van der Waals surface area contributed by atoms with Crippen LogP contribution in [0.15, 0.2) is 66.4 Å². The molecule has 0 radical (unpaired) electrons. The van der Waals surface area contributed by atoms with Gasteiger partial charge in [0.25, 0.3) is 11.8 Å². The van der Waals surface area contributed by atoms with Crippen molar-refractivity contribution >= 4 is 23.1 Å². The molecule has 2 aromatic rings. The summed E-state index contributed by atoms with van der Waals surface area (Å²) in [5.74, 6) is -0.546. The summed E-state index contributed by atoms with van der Waals surface area (Å²) in [6.07, 6.45) is 0.0466. The first kappa shape index (κ1) is 19.8. The van der Waals surface area contributed by atoms with Gasteiger partial charge in [0, 0.05) is 12.2 Å². The molecular formula is C23H26N2O3. The molecule has 2 aromatic carbocycles. The molecule has 146 valence electrons. The lowest BCUT2D eigenvalue weighted by molar-refractivity contribution is -0.138. The van der Waals surface area contributed by atoms with Crippen LogP contribution in [-0.2, 0) is 14.3 Å². The maximum atomic E-state index is 13.3. The second kappa shape index (κ2) is 8.85. The Balaban J connectivity index is 2.03. The average Bonchev–Trinajstić information content (AvgIpc) is 2.95. The van der Waals surface area contributed by atoms with E-state index in [1.54, 1.807) is 0 Å². The summed E-state index contributed by atoms with van der Waals surface area (Å²) in [6, 6.07) is 19.1. The van der Waals surface area contributed by atoms with E-state index in [9.17, 15) is 9.59 Å². The van der Waals surface area contributed by atoms with Gasteiger partial charge in [-0.1, -0.05) is 48.5 Å². The third-order valence-corrected chi connectivity index (χ3v) is 4.63. The maximum absolute atomic E-state index is 13.3. The highest BCUT2D eigenvalue weighted by molar-refractivity contribution is 6.36. The van der Waals surface area contributed by atoms with Crippen LogP contribution in [0.2, 0.25) is 0 Å². The molecule has 5 nitrogen and oxygen atoms in total. The van der Waals surface area contributed by atoms with Crippen molar-refractivity contribution in [1.29, 1.82) is 0 Å². The van der Waals surface area contributed by atoms with Gasteiger partial charge in [0.05, 0.1) is 24.8 Å². The zero-order valence-electron chi connectivity index (χ0n) is 16.6. The van der Waals surface area contributed by atoms with Gasteiger partial charge >= 0.3 is 0 Å². The van der Waals surface area contributed by atoms with Gasteiger partial charge in [0.1, 0.15) is 5.70 Å². The van der Waals surface area contributed by atoms with Crippen LogP contribution in [0.4, 0.5) is 5.69 Å². The van der Waals surface area contributed by atoms with Gasteiger partial charge in [-0.15, -0.1) is 0 Å². The van der Waals surface area contributed by atoms with Crippen molar-refractivity contribution in [2.75, 3.05) is 24.6 Å². The Hall–Kier alpha value is -2.92. The summed E-state index contributed by atoms with van der Waals surface area (Å²) in [7, 11) is 0. The van der Waals surface area contributed by atoms with E-state index >= 15 is 0 Å². The van der Waals surface area contributed by atoms with Gasteiger partial charge in [-0.2, -0.15) is 0 Å². The molecule has 0 saturated carbocycles. The van der Waals surface area contributed by atoms with Gasteiger partial charge in [0.2, 0.25) is 0 Å². The first-order chi connectivity index (χ1) is 13.5. The topological polar surface area (TPSA) is 49.9 Å². The van der Waals surface area contributed by atoms with Crippen LogP contribution >= 0.6 is 0 Å². The molecule has 5 heteroatoms. The predicted octanol–water partition coefficient (Wildman–Crippen LogP) is 3.72. The SMILES string of the molecule is CCN(C1=C(c2ccccc2)C(=O)N(CCOC(C)C)C1=O)c1ccccc1. The lowest BCUT2D eigenvalue weighted by Gasteiger charge is -2.25. The van der Waals surface area contributed by atoms with Gasteiger partial charge in [-0.05, 0) is 38.5 Å². The lowest BCUT2D eigenvalue weighted by Crippen LogP contribution is -2.37. The summed E-state index contributed by atoms with van der Waals surface area (Å²) in [6.45, 7) is 6.97.